The molecule has 2 N–H and O–H groups in total. The minimum absolute atomic E-state index is 0.00606. The van der Waals surface area contributed by atoms with Gasteiger partial charge in [0.05, 0.1) is 11.1 Å². The third-order valence-electron chi connectivity index (χ3n) is 3.83. The number of hydrogen-bond acceptors (Lipinski definition) is 3. The SMILES string of the molecule is O=C(O)c1ccc2c(c1)NC1CCCCCN1C2=O. The number of nitrogens with one attached hydrogen (secondary N) is 1. The largest absolute Gasteiger partial charge is 0.478 e. The second-order valence-electron chi connectivity index (χ2n) is 5.07. The van der Waals surface area contributed by atoms with Gasteiger partial charge >= 0.3 is 5.97 Å². The third-order valence-corrected chi connectivity index (χ3v) is 3.83. The van der Waals surface area contributed by atoms with Crippen LogP contribution in [0.15, 0.2) is 18.2 Å². The summed E-state index contributed by atoms with van der Waals surface area (Å²) in [6, 6.07) is 4.64. The summed E-state index contributed by atoms with van der Waals surface area (Å²) in [6.45, 7) is 0.774. The Balaban J connectivity index is 1.99. The molecule has 0 spiro atoms. The van der Waals surface area contributed by atoms with Crippen molar-refractivity contribution in [3.05, 3.63) is 29.3 Å². The van der Waals surface area contributed by atoms with Crippen molar-refractivity contribution in [1.29, 1.82) is 0 Å². The molecule has 0 aliphatic carbocycles. The fraction of sp³-hybridized carbons (Fsp3) is 0.429. The molecular weight excluding hydrogens is 244 g/mol. The van der Waals surface area contributed by atoms with Crippen LogP contribution in [0.25, 0.3) is 0 Å². The van der Waals surface area contributed by atoms with Crippen LogP contribution in [-0.2, 0) is 0 Å². The first-order chi connectivity index (χ1) is 9.16. The summed E-state index contributed by atoms with van der Waals surface area (Å²) in [5.74, 6) is -0.960. The second-order valence-corrected chi connectivity index (χ2v) is 5.07. The Morgan fingerprint density at radius 1 is 1.32 bits per heavy atom. The molecule has 0 radical (unpaired) electrons. The lowest BCUT2D eigenvalue weighted by atomic mass is 10.0. The van der Waals surface area contributed by atoms with Gasteiger partial charge in [0.15, 0.2) is 0 Å². The van der Waals surface area contributed by atoms with E-state index in [4.69, 9.17) is 5.11 Å². The van der Waals surface area contributed by atoms with Gasteiger partial charge in [-0.15, -0.1) is 0 Å². The fourth-order valence-electron chi connectivity index (χ4n) is 2.82. The molecule has 5 nitrogen and oxygen atoms in total. The maximum Gasteiger partial charge on any atom is 0.335 e. The Kier molecular flexibility index (Phi) is 2.89. The zero-order valence-electron chi connectivity index (χ0n) is 10.6. The van der Waals surface area contributed by atoms with Crippen molar-refractivity contribution < 1.29 is 14.7 Å². The first-order valence-electron chi connectivity index (χ1n) is 6.61. The molecule has 2 aliphatic heterocycles. The minimum atomic E-state index is -0.972. The number of aromatic carboxylic acids is 1. The van der Waals surface area contributed by atoms with Crippen LogP contribution in [0.2, 0.25) is 0 Å². The van der Waals surface area contributed by atoms with Crippen LogP contribution in [-0.4, -0.2) is 34.6 Å². The minimum Gasteiger partial charge on any atom is -0.478 e. The fourth-order valence-corrected chi connectivity index (χ4v) is 2.82. The molecule has 3 rings (SSSR count). The molecule has 5 heteroatoms. The number of fused-ring (bicyclic) bond motifs is 2. The van der Waals surface area contributed by atoms with Crippen molar-refractivity contribution >= 4 is 17.6 Å². The lowest BCUT2D eigenvalue weighted by molar-refractivity contribution is 0.0677. The van der Waals surface area contributed by atoms with Gasteiger partial charge in [-0.25, -0.2) is 4.79 Å². The normalized spacial score (nSPS) is 22.0. The van der Waals surface area contributed by atoms with Gasteiger partial charge in [0.2, 0.25) is 0 Å². The zero-order chi connectivity index (χ0) is 13.4. The summed E-state index contributed by atoms with van der Waals surface area (Å²) >= 11 is 0. The monoisotopic (exact) mass is 260 g/mol. The Labute approximate surface area is 111 Å². The van der Waals surface area contributed by atoms with Crippen LogP contribution in [0, 0.1) is 0 Å². The average molecular weight is 260 g/mol. The highest BCUT2D eigenvalue weighted by atomic mass is 16.4. The van der Waals surface area contributed by atoms with Gasteiger partial charge in [0.1, 0.15) is 6.17 Å². The van der Waals surface area contributed by atoms with E-state index in [1.54, 1.807) is 12.1 Å². The quantitative estimate of drug-likeness (QED) is 0.811. The standard InChI is InChI=1S/C14H16N2O3/c17-13-10-6-5-9(14(18)19)8-11(10)15-12-4-2-1-3-7-16(12)13/h5-6,8,12,15H,1-4,7H2,(H,18,19). The predicted octanol–water partition coefficient (Wildman–Crippen LogP) is 2.15. The summed E-state index contributed by atoms with van der Waals surface area (Å²) < 4.78 is 0. The molecule has 100 valence electrons. The van der Waals surface area contributed by atoms with Crippen molar-refractivity contribution in [1.82, 2.24) is 4.90 Å². The van der Waals surface area contributed by atoms with Crippen LogP contribution in [0.3, 0.4) is 0 Å². The topological polar surface area (TPSA) is 69.6 Å². The van der Waals surface area contributed by atoms with Crippen molar-refractivity contribution in [2.45, 2.75) is 31.8 Å². The summed E-state index contributed by atoms with van der Waals surface area (Å²) in [7, 11) is 0. The first-order valence-corrected chi connectivity index (χ1v) is 6.61. The molecule has 1 saturated heterocycles. The van der Waals surface area contributed by atoms with E-state index in [9.17, 15) is 9.59 Å². The van der Waals surface area contributed by atoms with Gasteiger partial charge in [-0.05, 0) is 37.5 Å². The highest BCUT2D eigenvalue weighted by Crippen LogP contribution is 2.30. The second kappa shape index (κ2) is 4.57. The number of hydrogen-bond donors (Lipinski definition) is 2. The summed E-state index contributed by atoms with van der Waals surface area (Å²) in [5, 5.41) is 12.3. The Bertz CT molecular complexity index is 541. The number of carboxylic acids is 1. The molecule has 1 atom stereocenters. The van der Waals surface area contributed by atoms with Crippen molar-refractivity contribution in [3.63, 3.8) is 0 Å². The lowest BCUT2D eigenvalue weighted by Crippen LogP contribution is -2.48. The molecule has 0 bridgehead atoms. The van der Waals surface area contributed by atoms with Crippen LogP contribution >= 0.6 is 0 Å². The van der Waals surface area contributed by atoms with Crippen molar-refractivity contribution in [2.24, 2.45) is 0 Å². The Morgan fingerprint density at radius 3 is 2.95 bits per heavy atom. The van der Waals surface area contributed by atoms with Crippen LogP contribution < -0.4 is 5.32 Å². The molecular formula is C14H16N2O3. The number of carbonyl (C=O) groups is 2. The summed E-state index contributed by atoms with van der Waals surface area (Å²) in [5.41, 5.74) is 1.43. The van der Waals surface area contributed by atoms with E-state index in [0.29, 0.717) is 11.3 Å². The van der Waals surface area contributed by atoms with Gasteiger partial charge in [-0.2, -0.15) is 0 Å². The molecule has 1 fully saturated rings. The number of carbonyl (C=O) groups excluding carboxylic acids is 1. The van der Waals surface area contributed by atoms with E-state index >= 15 is 0 Å². The molecule has 19 heavy (non-hydrogen) atoms. The van der Waals surface area contributed by atoms with Gasteiger partial charge in [0, 0.05) is 12.2 Å². The maximum atomic E-state index is 12.4. The maximum absolute atomic E-state index is 12.4. The molecule has 1 unspecified atom stereocenters. The number of nitrogens with zero attached hydrogens (tertiary/aromatic N) is 1. The smallest absolute Gasteiger partial charge is 0.335 e. The molecule has 1 aromatic carbocycles. The van der Waals surface area contributed by atoms with Crippen LogP contribution in [0.4, 0.5) is 5.69 Å². The Hall–Kier alpha value is -2.04. The number of carboxylic acid groups (broad SMARTS) is 1. The molecule has 1 amide bonds. The van der Waals surface area contributed by atoms with Crippen molar-refractivity contribution in [2.75, 3.05) is 11.9 Å². The van der Waals surface area contributed by atoms with E-state index < -0.39 is 5.97 Å². The highest BCUT2D eigenvalue weighted by Gasteiger charge is 2.32. The van der Waals surface area contributed by atoms with Crippen LogP contribution in [0.5, 0.6) is 0 Å². The molecule has 2 heterocycles. The first kappa shape index (κ1) is 12.0. The molecule has 0 saturated carbocycles. The van der Waals surface area contributed by atoms with Crippen molar-refractivity contribution in [3.8, 4) is 0 Å². The van der Waals surface area contributed by atoms with Crippen LogP contribution in [0.1, 0.15) is 46.4 Å². The average Bonchev–Trinajstić information content (AvgIpc) is 2.63. The number of rotatable bonds is 1. The Morgan fingerprint density at radius 2 is 2.16 bits per heavy atom. The predicted molar refractivity (Wildman–Crippen MR) is 70.3 cm³/mol. The van der Waals surface area contributed by atoms with E-state index in [1.807, 2.05) is 4.90 Å². The van der Waals surface area contributed by atoms with Gasteiger partial charge in [-0.1, -0.05) is 6.42 Å². The molecule has 2 aliphatic rings. The highest BCUT2D eigenvalue weighted by molar-refractivity contribution is 6.03. The molecule has 0 aromatic heterocycles. The lowest BCUT2D eigenvalue weighted by Gasteiger charge is -2.36. The summed E-state index contributed by atoms with van der Waals surface area (Å²) in [6.07, 6.45) is 4.19. The van der Waals surface area contributed by atoms with E-state index in [-0.39, 0.29) is 17.6 Å². The summed E-state index contributed by atoms with van der Waals surface area (Å²) in [4.78, 5) is 25.3. The zero-order valence-corrected chi connectivity index (χ0v) is 10.6. The number of benzene rings is 1. The van der Waals surface area contributed by atoms with Gasteiger partial charge in [-0.3, -0.25) is 4.79 Å². The third kappa shape index (κ3) is 2.05. The van der Waals surface area contributed by atoms with E-state index in [0.717, 1.165) is 32.2 Å². The number of anilines is 1. The van der Waals surface area contributed by atoms with E-state index in [1.165, 1.54) is 6.07 Å². The number of amides is 1. The molecule has 1 aromatic rings. The van der Waals surface area contributed by atoms with Gasteiger partial charge < -0.3 is 15.3 Å². The van der Waals surface area contributed by atoms with Gasteiger partial charge in [0.25, 0.3) is 5.91 Å². The van der Waals surface area contributed by atoms with E-state index in [2.05, 4.69) is 5.32 Å².